The fourth-order valence-corrected chi connectivity index (χ4v) is 4.57. The largest absolute Gasteiger partial charge is 0.368 e. The Kier molecular flexibility index (Phi) is 4.58. The normalized spacial score (nSPS) is 18.8. The zero-order valence-corrected chi connectivity index (χ0v) is 17.1. The summed E-state index contributed by atoms with van der Waals surface area (Å²) < 4.78 is 0. The van der Waals surface area contributed by atoms with E-state index in [1.165, 1.54) is 16.9 Å². The number of nitrogens with zero attached hydrogens (tertiary/aromatic N) is 5. The molecule has 0 spiro atoms. The quantitative estimate of drug-likeness (QED) is 0.675. The van der Waals surface area contributed by atoms with Gasteiger partial charge >= 0.3 is 0 Å². The Hall–Kier alpha value is -3.08. The maximum Gasteiger partial charge on any atom is 0.139 e. The molecule has 3 aromatic rings. The molecule has 1 aromatic heterocycles. The van der Waals surface area contributed by atoms with Crippen molar-refractivity contribution in [2.45, 2.75) is 26.3 Å². The molecule has 2 aliphatic heterocycles. The van der Waals surface area contributed by atoms with Gasteiger partial charge in [0.2, 0.25) is 0 Å². The molecule has 1 fully saturated rings. The Morgan fingerprint density at radius 1 is 0.793 bits per heavy atom. The first-order valence-electron chi connectivity index (χ1n) is 10.5. The molecule has 0 radical (unpaired) electrons. The Morgan fingerprint density at radius 3 is 2.24 bits per heavy atom. The molecule has 0 saturated carbocycles. The van der Waals surface area contributed by atoms with Crippen LogP contribution >= 0.6 is 0 Å². The topological polar surface area (TPSA) is 35.5 Å². The minimum Gasteiger partial charge on any atom is -0.368 e. The number of fused-ring (bicyclic) bond motifs is 1. The van der Waals surface area contributed by atoms with Gasteiger partial charge in [0.15, 0.2) is 0 Å². The number of benzene rings is 2. The van der Waals surface area contributed by atoms with Crippen molar-refractivity contribution >= 4 is 23.0 Å². The summed E-state index contributed by atoms with van der Waals surface area (Å²) in [5.74, 6) is 2.88. The molecular weight excluding hydrogens is 358 g/mol. The average molecular weight is 386 g/mol. The number of aryl methyl sites for hydroxylation is 1. The Bertz CT molecular complexity index is 995. The molecule has 0 N–H and O–H groups in total. The van der Waals surface area contributed by atoms with Crippen LogP contribution in [0.3, 0.4) is 0 Å². The van der Waals surface area contributed by atoms with E-state index in [4.69, 9.17) is 9.97 Å². The monoisotopic (exact) mass is 385 g/mol. The summed E-state index contributed by atoms with van der Waals surface area (Å²) in [6.07, 6.45) is 1.06. The van der Waals surface area contributed by atoms with E-state index >= 15 is 0 Å². The summed E-state index contributed by atoms with van der Waals surface area (Å²) in [6, 6.07) is 21.9. The first-order valence-corrected chi connectivity index (χ1v) is 10.5. The molecule has 0 aliphatic carbocycles. The molecule has 1 unspecified atom stereocenters. The molecule has 5 nitrogen and oxygen atoms in total. The standard InChI is InChI=1S/C24H27N5/c1-18-16-20-8-6-7-11-22(20)29(18)24-17-23(25-19(2)26-24)28-14-12-27(13-15-28)21-9-4-3-5-10-21/h3-11,17-18H,12-16H2,1-2H3. The fraction of sp³-hybridized carbons (Fsp3) is 0.333. The zero-order chi connectivity index (χ0) is 19.8. The van der Waals surface area contributed by atoms with E-state index in [9.17, 15) is 0 Å². The van der Waals surface area contributed by atoms with Gasteiger partial charge in [-0.25, -0.2) is 9.97 Å². The summed E-state index contributed by atoms with van der Waals surface area (Å²) in [7, 11) is 0. The number of hydrogen-bond acceptors (Lipinski definition) is 5. The molecule has 148 valence electrons. The highest BCUT2D eigenvalue weighted by atomic mass is 15.3. The second-order valence-electron chi connectivity index (χ2n) is 7.99. The summed E-state index contributed by atoms with van der Waals surface area (Å²) in [4.78, 5) is 16.8. The van der Waals surface area contributed by atoms with Crippen molar-refractivity contribution in [1.29, 1.82) is 0 Å². The lowest BCUT2D eigenvalue weighted by atomic mass is 10.1. The van der Waals surface area contributed by atoms with Crippen LogP contribution in [0.4, 0.5) is 23.0 Å². The SMILES string of the molecule is Cc1nc(N2CCN(c3ccccc3)CC2)cc(N2c3ccccc3CC2C)n1. The van der Waals surface area contributed by atoms with Crippen molar-refractivity contribution in [2.24, 2.45) is 0 Å². The third-order valence-corrected chi connectivity index (χ3v) is 5.99. The predicted octanol–water partition coefficient (Wildman–Crippen LogP) is 4.19. The van der Waals surface area contributed by atoms with Gasteiger partial charge in [0.05, 0.1) is 0 Å². The number of piperazine rings is 1. The predicted molar refractivity (Wildman–Crippen MR) is 119 cm³/mol. The highest BCUT2D eigenvalue weighted by Crippen LogP contribution is 2.38. The van der Waals surface area contributed by atoms with Gasteiger partial charge in [-0.3, -0.25) is 0 Å². The first-order chi connectivity index (χ1) is 14.2. The summed E-state index contributed by atoms with van der Waals surface area (Å²) in [5.41, 5.74) is 3.97. The fourth-order valence-electron chi connectivity index (χ4n) is 4.57. The van der Waals surface area contributed by atoms with Crippen molar-refractivity contribution in [3.63, 3.8) is 0 Å². The minimum atomic E-state index is 0.407. The summed E-state index contributed by atoms with van der Waals surface area (Å²) in [6.45, 7) is 8.22. The van der Waals surface area contributed by atoms with E-state index in [1.54, 1.807) is 0 Å². The summed E-state index contributed by atoms with van der Waals surface area (Å²) >= 11 is 0. The number of hydrogen-bond donors (Lipinski definition) is 0. The Labute approximate surface area is 172 Å². The lowest BCUT2D eigenvalue weighted by Crippen LogP contribution is -2.47. The van der Waals surface area contributed by atoms with Gasteiger partial charge in [0.1, 0.15) is 17.5 Å². The zero-order valence-electron chi connectivity index (χ0n) is 17.1. The lowest BCUT2D eigenvalue weighted by molar-refractivity contribution is 0.645. The third-order valence-electron chi connectivity index (χ3n) is 5.99. The van der Waals surface area contributed by atoms with E-state index in [0.29, 0.717) is 6.04 Å². The van der Waals surface area contributed by atoms with Gasteiger partial charge in [0, 0.05) is 49.7 Å². The van der Waals surface area contributed by atoms with Crippen molar-refractivity contribution in [2.75, 3.05) is 40.9 Å². The Balaban J connectivity index is 1.38. The first kappa shape index (κ1) is 18.0. The Morgan fingerprint density at radius 2 is 1.45 bits per heavy atom. The lowest BCUT2D eigenvalue weighted by Gasteiger charge is -2.37. The highest BCUT2D eigenvalue weighted by molar-refractivity contribution is 5.70. The summed E-state index contributed by atoms with van der Waals surface area (Å²) in [5, 5.41) is 0. The minimum absolute atomic E-state index is 0.407. The van der Waals surface area contributed by atoms with E-state index in [0.717, 1.165) is 50.1 Å². The van der Waals surface area contributed by atoms with Crippen LogP contribution in [0.2, 0.25) is 0 Å². The van der Waals surface area contributed by atoms with E-state index < -0.39 is 0 Å². The van der Waals surface area contributed by atoms with Gasteiger partial charge < -0.3 is 14.7 Å². The number of anilines is 4. The average Bonchev–Trinajstić information content (AvgIpc) is 3.10. The second-order valence-corrected chi connectivity index (χ2v) is 7.99. The number of para-hydroxylation sites is 2. The van der Waals surface area contributed by atoms with Crippen LogP contribution in [0.5, 0.6) is 0 Å². The number of rotatable bonds is 3. The van der Waals surface area contributed by atoms with E-state index in [-0.39, 0.29) is 0 Å². The van der Waals surface area contributed by atoms with Gasteiger partial charge in [-0.15, -0.1) is 0 Å². The van der Waals surface area contributed by atoms with Crippen molar-refractivity contribution in [3.05, 3.63) is 72.1 Å². The van der Waals surface area contributed by atoms with Crippen LogP contribution in [0.25, 0.3) is 0 Å². The molecule has 29 heavy (non-hydrogen) atoms. The molecular formula is C24H27N5. The van der Waals surface area contributed by atoms with Crippen molar-refractivity contribution in [1.82, 2.24) is 9.97 Å². The molecule has 2 aliphatic rings. The van der Waals surface area contributed by atoms with Crippen LogP contribution in [-0.2, 0) is 6.42 Å². The molecule has 5 rings (SSSR count). The second kappa shape index (κ2) is 7.39. The van der Waals surface area contributed by atoms with Crippen LogP contribution < -0.4 is 14.7 Å². The van der Waals surface area contributed by atoms with E-state index in [1.807, 2.05) is 6.92 Å². The maximum atomic E-state index is 4.80. The van der Waals surface area contributed by atoms with E-state index in [2.05, 4.69) is 82.3 Å². The molecule has 0 amide bonds. The van der Waals surface area contributed by atoms with Crippen LogP contribution in [0, 0.1) is 6.92 Å². The number of aromatic nitrogens is 2. The van der Waals surface area contributed by atoms with Crippen molar-refractivity contribution < 1.29 is 0 Å². The van der Waals surface area contributed by atoms with Crippen LogP contribution in [-0.4, -0.2) is 42.2 Å². The van der Waals surface area contributed by atoms with Gasteiger partial charge in [0.25, 0.3) is 0 Å². The molecule has 1 saturated heterocycles. The molecule has 2 aromatic carbocycles. The maximum absolute atomic E-state index is 4.80. The van der Waals surface area contributed by atoms with Gasteiger partial charge in [-0.1, -0.05) is 36.4 Å². The molecule has 0 bridgehead atoms. The molecule has 1 atom stereocenters. The smallest absolute Gasteiger partial charge is 0.139 e. The van der Waals surface area contributed by atoms with Crippen molar-refractivity contribution in [3.8, 4) is 0 Å². The molecule has 3 heterocycles. The molecule has 5 heteroatoms. The third kappa shape index (κ3) is 3.41. The van der Waals surface area contributed by atoms with Crippen LogP contribution in [0.15, 0.2) is 60.7 Å². The van der Waals surface area contributed by atoms with Gasteiger partial charge in [-0.05, 0) is 44.0 Å². The van der Waals surface area contributed by atoms with Crippen LogP contribution in [0.1, 0.15) is 18.3 Å². The van der Waals surface area contributed by atoms with Gasteiger partial charge in [-0.2, -0.15) is 0 Å². The highest BCUT2D eigenvalue weighted by Gasteiger charge is 2.29.